The summed E-state index contributed by atoms with van der Waals surface area (Å²) in [5.74, 6) is 1.47. The largest absolute Gasteiger partial charge is 1.00 e. The minimum atomic E-state index is -0.789. The Morgan fingerprint density at radius 3 is 2.84 bits per heavy atom. The number of hydrogen-bond donors (Lipinski definition) is 1. The number of nitrogens with zero attached hydrogens (tertiary/aromatic N) is 1. The van der Waals surface area contributed by atoms with Crippen LogP contribution in [0.25, 0.3) is 11.5 Å². The van der Waals surface area contributed by atoms with E-state index >= 15 is 0 Å². The maximum atomic E-state index is 10.3. The first-order valence-electron chi connectivity index (χ1n) is 7.71. The van der Waals surface area contributed by atoms with Crippen molar-refractivity contribution in [2.24, 2.45) is 0 Å². The van der Waals surface area contributed by atoms with Crippen molar-refractivity contribution in [1.29, 1.82) is 0 Å². The monoisotopic (exact) mass is 371 g/mol. The van der Waals surface area contributed by atoms with Crippen LogP contribution in [0.15, 0.2) is 46.9 Å². The third kappa shape index (κ3) is 8.25. The van der Waals surface area contributed by atoms with Gasteiger partial charge in [0.1, 0.15) is 5.76 Å². The van der Waals surface area contributed by atoms with Crippen molar-refractivity contribution < 1.29 is 50.0 Å². The summed E-state index contributed by atoms with van der Waals surface area (Å²) in [5.41, 5.74) is 1.88. The molecule has 2 rings (SSSR count). The SMILES string of the molecule is Cc1oc(-c2ccccc2)nc1CCOC/C=C\CSCC(=O)O.[H-].[Na+]. The first-order valence-corrected chi connectivity index (χ1v) is 8.86. The molecule has 1 aromatic carbocycles. The number of benzene rings is 1. The second kappa shape index (κ2) is 12.3. The molecule has 0 atom stereocenters. The van der Waals surface area contributed by atoms with Crippen molar-refractivity contribution in [3.8, 4) is 11.5 Å². The van der Waals surface area contributed by atoms with Gasteiger partial charge in [-0.25, -0.2) is 4.98 Å². The molecule has 2 aromatic rings. The van der Waals surface area contributed by atoms with Crippen LogP contribution >= 0.6 is 11.8 Å². The van der Waals surface area contributed by atoms with Crippen LogP contribution < -0.4 is 29.6 Å². The van der Waals surface area contributed by atoms with Gasteiger partial charge in [0.25, 0.3) is 0 Å². The number of aryl methyl sites for hydroxylation is 1. The molecule has 0 bridgehead atoms. The number of carbonyl (C=O) groups is 1. The summed E-state index contributed by atoms with van der Waals surface area (Å²) in [4.78, 5) is 14.9. The fraction of sp³-hybridized carbons (Fsp3) is 0.333. The summed E-state index contributed by atoms with van der Waals surface area (Å²) in [6, 6.07) is 9.82. The van der Waals surface area contributed by atoms with Crippen molar-refractivity contribution >= 4 is 17.7 Å². The van der Waals surface area contributed by atoms with Gasteiger partial charge in [0.15, 0.2) is 0 Å². The van der Waals surface area contributed by atoms with Crippen LogP contribution in [-0.2, 0) is 16.0 Å². The summed E-state index contributed by atoms with van der Waals surface area (Å²) >= 11 is 1.36. The van der Waals surface area contributed by atoms with Crippen LogP contribution in [-0.4, -0.2) is 40.8 Å². The van der Waals surface area contributed by atoms with E-state index in [-0.39, 0.29) is 36.7 Å². The molecule has 0 unspecified atom stereocenters. The van der Waals surface area contributed by atoms with Gasteiger partial charge in [0.05, 0.1) is 24.7 Å². The number of thioether (sulfide) groups is 1. The standard InChI is InChI=1S/C18H21NO4S.Na.H/c1-14-16(19-18(23-14)15-7-3-2-4-8-15)9-11-22-10-5-6-12-24-13-17(20)21;;/h2-8H,9-13H2,1H3,(H,20,21);;/q;+1;-1/b6-5-;;. The topological polar surface area (TPSA) is 72.6 Å². The van der Waals surface area contributed by atoms with Crippen molar-refractivity contribution in [2.75, 3.05) is 24.7 Å². The van der Waals surface area contributed by atoms with E-state index in [1.165, 1.54) is 11.8 Å². The Hall–Kier alpha value is -1.05. The number of rotatable bonds is 10. The molecule has 25 heavy (non-hydrogen) atoms. The molecule has 1 heterocycles. The van der Waals surface area contributed by atoms with Crippen LogP contribution in [0, 0.1) is 6.92 Å². The van der Waals surface area contributed by atoms with Gasteiger partial charge < -0.3 is 15.7 Å². The zero-order chi connectivity index (χ0) is 17.2. The van der Waals surface area contributed by atoms with Gasteiger partial charge in [0, 0.05) is 17.7 Å². The van der Waals surface area contributed by atoms with E-state index in [4.69, 9.17) is 14.3 Å². The van der Waals surface area contributed by atoms with Crippen LogP contribution in [0.1, 0.15) is 12.9 Å². The molecule has 0 fully saturated rings. The Labute approximate surface area is 175 Å². The van der Waals surface area contributed by atoms with E-state index in [9.17, 15) is 4.79 Å². The van der Waals surface area contributed by atoms with E-state index in [1.54, 1.807) is 0 Å². The second-order valence-corrected chi connectivity index (χ2v) is 6.12. The van der Waals surface area contributed by atoms with E-state index < -0.39 is 5.97 Å². The molecule has 0 radical (unpaired) electrons. The Balaban J connectivity index is 0.00000312. The van der Waals surface area contributed by atoms with E-state index in [0.717, 1.165) is 17.0 Å². The first-order chi connectivity index (χ1) is 11.7. The fourth-order valence-corrected chi connectivity index (χ4v) is 2.60. The molecule has 0 aliphatic heterocycles. The number of hydrogen-bond acceptors (Lipinski definition) is 5. The number of oxazole rings is 1. The first kappa shape index (κ1) is 22.0. The molecule has 0 saturated carbocycles. The summed E-state index contributed by atoms with van der Waals surface area (Å²) in [7, 11) is 0. The summed E-state index contributed by atoms with van der Waals surface area (Å²) in [6.45, 7) is 2.98. The van der Waals surface area contributed by atoms with Gasteiger partial charge in [0.2, 0.25) is 5.89 Å². The molecule has 0 aliphatic carbocycles. The molecular formula is C18H22NNaO4S. The van der Waals surface area contributed by atoms with Gasteiger partial charge in [-0.15, -0.1) is 11.8 Å². The normalized spacial score (nSPS) is 10.8. The van der Waals surface area contributed by atoms with Crippen LogP contribution in [0.4, 0.5) is 0 Å². The smallest absolute Gasteiger partial charge is 1.00 e. The summed E-state index contributed by atoms with van der Waals surface area (Å²) in [6.07, 6.45) is 4.52. The van der Waals surface area contributed by atoms with Gasteiger partial charge >= 0.3 is 35.5 Å². The molecule has 7 heteroatoms. The molecule has 1 N–H and O–H groups in total. The third-order valence-electron chi connectivity index (χ3n) is 3.22. The Kier molecular flexibility index (Phi) is 10.8. The van der Waals surface area contributed by atoms with E-state index in [2.05, 4.69) is 4.98 Å². The van der Waals surface area contributed by atoms with E-state index in [1.807, 2.05) is 49.4 Å². The van der Waals surface area contributed by atoms with E-state index in [0.29, 0.717) is 31.3 Å². The zero-order valence-electron chi connectivity index (χ0n) is 15.6. The number of carboxylic acids is 1. The minimum Gasteiger partial charge on any atom is -1.00 e. The Morgan fingerprint density at radius 2 is 2.12 bits per heavy atom. The third-order valence-corrected chi connectivity index (χ3v) is 4.10. The molecule has 0 spiro atoms. The molecular weight excluding hydrogens is 349 g/mol. The quantitative estimate of drug-likeness (QED) is 0.377. The Morgan fingerprint density at radius 1 is 1.36 bits per heavy atom. The molecule has 1 aromatic heterocycles. The van der Waals surface area contributed by atoms with Gasteiger partial charge in [-0.3, -0.25) is 4.79 Å². The average molecular weight is 371 g/mol. The number of aliphatic carboxylic acids is 1. The molecule has 0 saturated heterocycles. The summed E-state index contributed by atoms with van der Waals surface area (Å²) in [5, 5.41) is 8.51. The second-order valence-electron chi connectivity index (χ2n) is 5.09. The zero-order valence-corrected chi connectivity index (χ0v) is 17.4. The van der Waals surface area contributed by atoms with Crippen molar-refractivity contribution in [1.82, 2.24) is 4.98 Å². The van der Waals surface area contributed by atoms with Crippen LogP contribution in [0.5, 0.6) is 0 Å². The molecule has 130 valence electrons. The van der Waals surface area contributed by atoms with Gasteiger partial charge in [-0.2, -0.15) is 0 Å². The minimum absolute atomic E-state index is 0. The maximum absolute atomic E-state index is 10.3. The molecule has 0 aliphatic rings. The van der Waals surface area contributed by atoms with Crippen molar-refractivity contribution in [3.63, 3.8) is 0 Å². The number of ether oxygens (including phenoxy) is 1. The van der Waals surface area contributed by atoms with Crippen LogP contribution in [0.3, 0.4) is 0 Å². The van der Waals surface area contributed by atoms with Crippen molar-refractivity contribution in [2.45, 2.75) is 13.3 Å². The molecule has 0 amide bonds. The fourth-order valence-electron chi connectivity index (χ4n) is 2.03. The Bertz CT molecular complexity index is 679. The molecule has 5 nitrogen and oxygen atoms in total. The van der Waals surface area contributed by atoms with Crippen LogP contribution in [0.2, 0.25) is 0 Å². The van der Waals surface area contributed by atoms with Crippen molar-refractivity contribution in [3.05, 3.63) is 53.9 Å². The predicted octanol–water partition coefficient (Wildman–Crippen LogP) is 0.700. The maximum Gasteiger partial charge on any atom is 1.00 e. The van der Waals surface area contributed by atoms with Gasteiger partial charge in [-0.1, -0.05) is 30.4 Å². The number of aromatic nitrogens is 1. The summed E-state index contributed by atoms with van der Waals surface area (Å²) < 4.78 is 11.3. The number of carboxylic acid groups (broad SMARTS) is 1. The van der Waals surface area contributed by atoms with Gasteiger partial charge in [-0.05, 0) is 19.1 Å². The average Bonchev–Trinajstić information content (AvgIpc) is 2.95. The predicted molar refractivity (Wildman–Crippen MR) is 96.4 cm³/mol.